The van der Waals surface area contributed by atoms with Crippen molar-refractivity contribution in [3.8, 4) is 5.75 Å². The Hall–Kier alpha value is -2.83. The lowest BCUT2D eigenvalue weighted by atomic mass is 9.97. The lowest BCUT2D eigenvalue weighted by Gasteiger charge is -2.31. The molecule has 1 saturated heterocycles. The number of nitrogens with zero attached hydrogens (tertiary/aromatic N) is 3. The Balaban J connectivity index is 1.34. The van der Waals surface area contributed by atoms with E-state index in [0.717, 1.165) is 43.2 Å². The molecule has 2 heterocycles. The number of carbonyl (C=O) groups excluding carboxylic acids is 1. The van der Waals surface area contributed by atoms with Gasteiger partial charge in [-0.1, -0.05) is 12.1 Å². The molecule has 1 aromatic heterocycles. The molecule has 138 valence electrons. The molecule has 7 heteroatoms. The SMILES string of the molecule is COc1ccc(CNC(=O)NCC2CCN(c3ncccn3)CC2)cc1. The Labute approximate surface area is 153 Å². The van der Waals surface area contributed by atoms with Gasteiger partial charge < -0.3 is 20.3 Å². The number of methoxy groups -OCH3 is 1. The Bertz CT molecular complexity index is 685. The number of aromatic nitrogens is 2. The summed E-state index contributed by atoms with van der Waals surface area (Å²) in [5, 5.41) is 5.86. The van der Waals surface area contributed by atoms with Crippen LogP contribution in [-0.2, 0) is 6.54 Å². The Morgan fingerprint density at radius 3 is 2.50 bits per heavy atom. The summed E-state index contributed by atoms with van der Waals surface area (Å²) in [6.45, 7) is 3.03. The van der Waals surface area contributed by atoms with Crippen molar-refractivity contribution < 1.29 is 9.53 Å². The molecule has 3 rings (SSSR count). The third kappa shape index (κ3) is 5.08. The van der Waals surface area contributed by atoms with E-state index in [9.17, 15) is 4.79 Å². The highest BCUT2D eigenvalue weighted by Crippen LogP contribution is 2.19. The number of rotatable bonds is 6. The molecule has 1 aliphatic heterocycles. The second-order valence-electron chi connectivity index (χ2n) is 6.39. The maximum atomic E-state index is 12.0. The van der Waals surface area contributed by atoms with Gasteiger partial charge in [-0.2, -0.15) is 0 Å². The molecule has 0 radical (unpaired) electrons. The summed E-state index contributed by atoms with van der Waals surface area (Å²) in [5.74, 6) is 2.09. The first-order chi connectivity index (χ1) is 12.7. The van der Waals surface area contributed by atoms with Crippen LogP contribution in [-0.4, -0.2) is 42.7 Å². The van der Waals surface area contributed by atoms with E-state index in [0.29, 0.717) is 19.0 Å². The van der Waals surface area contributed by atoms with Crippen LogP contribution in [0.4, 0.5) is 10.7 Å². The zero-order chi connectivity index (χ0) is 18.2. The van der Waals surface area contributed by atoms with Crippen molar-refractivity contribution in [1.29, 1.82) is 0 Å². The molecule has 0 spiro atoms. The normalized spacial score (nSPS) is 14.7. The second-order valence-corrected chi connectivity index (χ2v) is 6.39. The van der Waals surface area contributed by atoms with Crippen molar-refractivity contribution in [1.82, 2.24) is 20.6 Å². The maximum absolute atomic E-state index is 12.0. The number of anilines is 1. The van der Waals surface area contributed by atoms with Gasteiger partial charge in [0.15, 0.2) is 0 Å². The monoisotopic (exact) mass is 355 g/mol. The summed E-state index contributed by atoms with van der Waals surface area (Å²) in [6, 6.07) is 9.36. The van der Waals surface area contributed by atoms with Gasteiger partial charge >= 0.3 is 6.03 Å². The third-order valence-electron chi connectivity index (χ3n) is 4.61. The summed E-state index contributed by atoms with van der Waals surface area (Å²) < 4.78 is 5.13. The van der Waals surface area contributed by atoms with Gasteiger partial charge in [0.2, 0.25) is 5.95 Å². The van der Waals surface area contributed by atoms with E-state index in [4.69, 9.17) is 4.74 Å². The zero-order valence-corrected chi connectivity index (χ0v) is 15.0. The predicted octanol–water partition coefficient (Wildman–Crippen LogP) is 2.20. The Morgan fingerprint density at radius 1 is 1.15 bits per heavy atom. The van der Waals surface area contributed by atoms with E-state index in [2.05, 4.69) is 25.5 Å². The minimum atomic E-state index is -0.130. The van der Waals surface area contributed by atoms with Crippen molar-refractivity contribution in [2.75, 3.05) is 31.6 Å². The van der Waals surface area contributed by atoms with E-state index in [1.165, 1.54) is 0 Å². The smallest absolute Gasteiger partial charge is 0.315 e. The molecule has 26 heavy (non-hydrogen) atoms. The highest BCUT2D eigenvalue weighted by molar-refractivity contribution is 5.73. The lowest BCUT2D eigenvalue weighted by molar-refractivity contribution is 0.237. The number of ether oxygens (including phenoxy) is 1. The number of benzene rings is 1. The Kier molecular flexibility index (Phi) is 6.24. The van der Waals surface area contributed by atoms with Crippen LogP contribution in [0.15, 0.2) is 42.7 Å². The van der Waals surface area contributed by atoms with Crippen molar-refractivity contribution >= 4 is 12.0 Å². The number of amides is 2. The standard InChI is InChI=1S/C19H25N5O2/c1-26-17-5-3-15(4-6-17)13-22-19(25)23-14-16-7-11-24(12-8-16)18-20-9-2-10-21-18/h2-6,9-10,16H,7-8,11-14H2,1H3,(H2,22,23,25). The summed E-state index contributed by atoms with van der Waals surface area (Å²) in [6.07, 6.45) is 5.58. The molecule has 7 nitrogen and oxygen atoms in total. The molecule has 0 bridgehead atoms. The predicted molar refractivity (Wildman–Crippen MR) is 100 cm³/mol. The van der Waals surface area contributed by atoms with E-state index in [-0.39, 0.29) is 6.03 Å². The summed E-state index contributed by atoms with van der Waals surface area (Å²) in [5.41, 5.74) is 1.04. The largest absolute Gasteiger partial charge is 0.497 e. The molecule has 1 fully saturated rings. The van der Waals surface area contributed by atoms with Crippen molar-refractivity contribution in [3.05, 3.63) is 48.3 Å². The first kappa shape index (κ1) is 18.0. The van der Waals surface area contributed by atoms with Crippen molar-refractivity contribution in [3.63, 3.8) is 0 Å². The molecule has 2 N–H and O–H groups in total. The van der Waals surface area contributed by atoms with Crippen LogP contribution in [0.1, 0.15) is 18.4 Å². The third-order valence-corrected chi connectivity index (χ3v) is 4.61. The van der Waals surface area contributed by atoms with E-state index < -0.39 is 0 Å². The van der Waals surface area contributed by atoms with Crippen LogP contribution in [0, 0.1) is 5.92 Å². The topological polar surface area (TPSA) is 79.4 Å². The zero-order valence-electron chi connectivity index (χ0n) is 15.0. The van der Waals surface area contributed by atoms with E-state index in [1.54, 1.807) is 19.5 Å². The summed E-state index contributed by atoms with van der Waals surface area (Å²) in [7, 11) is 1.64. The number of carbonyl (C=O) groups is 1. The lowest BCUT2D eigenvalue weighted by Crippen LogP contribution is -2.42. The fraction of sp³-hybridized carbons (Fsp3) is 0.421. The van der Waals surface area contributed by atoms with Crippen LogP contribution in [0.25, 0.3) is 0 Å². The Morgan fingerprint density at radius 2 is 1.85 bits per heavy atom. The molecule has 2 amide bonds. The molecule has 0 unspecified atom stereocenters. The molecule has 0 aliphatic carbocycles. The van der Waals surface area contributed by atoms with E-state index in [1.807, 2.05) is 30.3 Å². The van der Waals surface area contributed by atoms with Gasteiger partial charge in [-0.05, 0) is 42.5 Å². The number of urea groups is 1. The fourth-order valence-electron chi connectivity index (χ4n) is 3.02. The van der Waals surface area contributed by atoms with Gasteiger partial charge in [0.1, 0.15) is 5.75 Å². The molecule has 2 aromatic rings. The molecular weight excluding hydrogens is 330 g/mol. The van der Waals surface area contributed by atoms with Crippen LogP contribution in [0.2, 0.25) is 0 Å². The minimum Gasteiger partial charge on any atom is -0.497 e. The molecule has 1 aliphatic rings. The number of piperidine rings is 1. The van der Waals surface area contributed by atoms with Crippen LogP contribution in [0.3, 0.4) is 0 Å². The van der Waals surface area contributed by atoms with Crippen LogP contribution >= 0.6 is 0 Å². The average Bonchev–Trinajstić information content (AvgIpc) is 2.72. The van der Waals surface area contributed by atoms with Gasteiger partial charge in [-0.3, -0.25) is 0 Å². The van der Waals surface area contributed by atoms with Gasteiger partial charge in [0.05, 0.1) is 7.11 Å². The first-order valence-electron chi connectivity index (χ1n) is 8.91. The fourth-order valence-corrected chi connectivity index (χ4v) is 3.02. The van der Waals surface area contributed by atoms with Gasteiger partial charge in [-0.25, -0.2) is 14.8 Å². The van der Waals surface area contributed by atoms with Crippen LogP contribution in [0.5, 0.6) is 5.75 Å². The number of nitrogens with one attached hydrogen (secondary N) is 2. The number of hydrogen-bond acceptors (Lipinski definition) is 5. The molecule has 0 atom stereocenters. The van der Waals surface area contributed by atoms with Gasteiger partial charge in [-0.15, -0.1) is 0 Å². The molecule has 0 saturated carbocycles. The van der Waals surface area contributed by atoms with Crippen LogP contribution < -0.4 is 20.3 Å². The maximum Gasteiger partial charge on any atom is 0.315 e. The summed E-state index contributed by atoms with van der Waals surface area (Å²) >= 11 is 0. The van der Waals surface area contributed by atoms with Crippen molar-refractivity contribution in [2.45, 2.75) is 19.4 Å². The molecular formula is C19H25N5O2. The van der Waals surface area contributed by atoms with Crippen molar-refractivity contribution in [2.24, 2.45) is 5.92 Å². The minimum absolute atomic E-state index is 0.130. The number of hydrogen-bond donors (Lipinski definition) is 2. The summed E-state index contributed by atoms with van der Waals surface area (Å²) in [4.78, 5) is 22.8. The quantitative estimate of drug-likeness (QED) is 0.830. The van der Waals surface area contributed by atoms with Gasteiger partial charge in [0.25, 0.3) is 0 Å². The highest BCUT2D eigenvalue weighted by atomic mass is 16.5. The van der Waals surface area contributed by atoms with Gasteiger partial charge in [0, 0.05) is 38.6 Å². The highest BCUT2D eigenvalue weighted by Gasteiger charge is 2.21. The average molecular weight is 355 g/mol. The first-order valence-corrected chi connectivity index (χ1v) is 8.91. The van der Waals surface area contributed by atoms with E-state index >= 15 is 0 Å². The second kappa shape index (κ2) is 9.03. The molecule has 1 aromatic carbocycles.